The zero-order valence-electron chi connectivity index (χ0n) is 12.8. The summed E-state index contributed by atoms with van der Waals surface area (Å²) in [6, 6.07) is 16.5. The number of rotatable bonds is 6. The molecule has 0 bridgehead atoms. The van der Waals surface area contributed by atoms with Crippen LogP contribution in [0, 0.1) is 0 Å². The van der Waals surface area contributed by atoms with Gasteiger partial charge in [0.25, 0.3) is 0 Å². The molecular weight excluding hydrogens is 274 g/mol. The minimum Gasteiger partial charge on any atom is -0.497 e. The molecule has 0 aromatic heterocycles. The lowest BCUT2D eigenvalue weighted by molar-refractivity contribution is 0.354. The van der Waals surface area contributed by atoms with Gasteiger partial charge in [0.05, 0.1) is 7.11 Å². The minimum atomic E-state index is 0.634. The van der Waals surface area contributed by atoms with Crippen LogP contribution in [0.2, 0.25) is 0 Å². The molecule has 3 nitrogen and oxygen atoms in total. The minimum absolute atomic E-state index is 0.634. The normalized spacial score (nSPS) is 13.0. The fourth-order valence-corrected chi connectivity index (χ4v) is 2.62. The number of methoxy groups -OCH3 is 1. The smallest absolute Gasteiger partial charge is 0.127 e. The van der Waals surface area contributed by atoms with E-state index in [1.54, 1.807) is 7.11 Å². The van der Waals surface area contributed by atoms with Crippen LogP contribution in [0.1, 0.15) is 11.1 Å². The Balaban J connectivity index is 1.58. The molecule has 0 radical (unpaired) electrons. The molecule has 3 rings (SSSR count). The summed E-state index contributed by atoms with van der Waals surface area (Å²) in [5, 5.41) is 3.52. The van der Waals surface area contributed by atoms with E-state index in [2.05, 4.69) is 35.7 Å². The molecule has 2 aromatic rings. The van der Waals surface area contributed by atoms with Crippen molar-refractivity contribution in [1.29, 1.82) is 0 Å². The third-order valence-electron chi connectivity index (χ3n) is 3.85. The monoisotopic (exact) mass is 295 g/mol. The van der Waals surface area contributed by atoms with Crippen molar-refractivity contribution < 1.29 is 9.47 Å². The van der Waals surface area contributed by atoms with E-state index in [4.69, 9.17) is 9.47 Å². The third-order valence-corrected chi connectivity index (χ3v) is 3.85. The standard InChI is InChI=1S/C19H21NO2/c1-21-17-7-8-19-18(13-17)16(10-12-22-19)14-20-11-9-15-5-3-2-4-6-15/h2-8,10,13,20H,9,11-12,14H2,1H3. The SMILES string of the molecule is COc1ccc2c(c1)C(CNCCc1ccccc1)=CCO2. The predicted octanol–water partition coefficient (Wildman–Crippen LogP) is 3.30. The average Bonchev–Trinajstić information content (AvgIpc) is 2.59. The Hall–Kier alpha value is -2.26. The van der Waals surface area contributed by atoms with Gasteiger partial charge in [-0.05, 0) is 48.4 Å². The Morgan fingerprint density at radius 2 is 2.00 bits per heavy atom. The van der Waals surface area contributed by atoms with Crippen LogP contribution in [0.3, 0.4) is 0 Å². The van der Waals surface area contributed by atoms with E-state index in [1.807, 2.05) is 24.3 Å². The summed E-state index contributed by atoms with van der Waals surface area (Å²) in [5.74, 6) is 1.79. The summed E-state index contributed by atoms with van der Waals surface area (Å²) < 4.78 is 11.0. The molecule has 22 heavy (non-hydrogen) atoms. The van der Waals surface area contributed by atoms with Crippen molar-refractivity contribution in [3.05, 3.63) is 65.7 Å². The Kier molecular flexibility index (Phi) is 4.76. The van der Waals surface area contributed by atoms with Crippen LogP contribution in [0.5, 0.6) is 11.5 Å². The highest BCUT2D eigenvalue weighted by Gasteiger charge is 2.14. The van der Waals surface area contributed by atoms with Crippen LogP contribution in [0.25, 0.3) is 5.57 Å². The van der Waals surface area contributed by atoms with Gasteiger partial charge in [0.1, 0.15) is 18.1 Å². The van der Waals surface area contributed by atoms with Crippen molar-refractivity contribution in [2.24, 2.45) is 0 Å². The van der Waals surface area contributed by atoms with Crippen molar-refractivity contribution >= 4 is 5.57 Å². The molecule has 0 unspecified atom stereocenters. The van der Waals surface area contributed by atoms with Gasteiger partial charge in [-0.15, -0.1) is 0 Å². The van der Waals surface area contributed by atoms with E-state index in [0.29, 0.717) is 6.61 Å². The fraction of sp³-hybridized carbons (Fsp3) is 0.263. The summed E-state index contributed by atoms with van der Waals surface area (Å²) in [4.78, 5) is 0. The van der Waals surface area contributed by atoms with E-state index in [0.717, 1.165) is 36.6 Å². The number of nitrogens with one attached hydrogen (secondary N) is 1. The number of hydrogen-bond acceptors (Lipinski definition) is 3. The highest BCUT2D eigenvalue weighted by atomic mass is 16.5. The van der Waals surface area contributed by atoms with Crippen LogP contribution < -0.4 is 14.8 Å². The Morgan fingerprint density at radius 1 is 1.14 bits per heavy atom. The highest BCUT2D eigenvalue weighted by molar-refractivity contribution is 5.74. The van der Waals surface area contributed by atoms with Crippen LogP contribution in [0.4, 0.5) is 0 Å². The number of benzene rings is 2. The second-order valence-electron chi connectivity index (χ2n) is 5.31. The topological polar surface area (TPSA) is 30.5 Å². The zero-order valence-corrected chi connectivity index (χ0v) is 12.8. The summed E-state index contributed by atoms with van der Waals surface area (Å²) in [5.41, 5.74) is 3.75. The molecule has 1 aliphatic rings. The van der Waals surface area contributed by atoms with Crippen LogP contribution in [-0.2, 0) is 6.42 Å². The maximum absolute atomic E-state index is 5.67. The lowest BCUT2D eigenvalue weighted by Gasteiger charge is -2.20. The summed E-state index contributed by atoms with van der Waals surface area (Å²) in [6.45, 7) is 2.44. The van der Waals surface area contributed by atoms with Gasteiger partial charge in [0.2, 0.25) is 0 Å². The second kappa shape index (κ2) is 7.14. The molecule has 3 heteroatoms. The molecule has 0 aliphatic carbocycles. The van der Waals surface area contributed by atoms with Crippen molar-refractivity contribution in [2.45, 2.75) is 6.42 Å². The van der Waals surface area contributed by atoms with E-state index in [1.165, 1.54) is 11.1 Å². The molecule has 1 aliphatic heterocycles. The van der Waals surface area contributed by atoms with E-state index in [-0.39, 0.29) is 0 Å². The maximum Gasteiger partial charge on any atom is 0.127 e. The Labute approximate surface area is 131 Å². The van der Waals surface area contributed by atoms with Gasteiger partial charge in [-0.3, -0.25) is 0 Å². The molecule has 0 spiro atoms. The molecule has 114 valence electrons. The Morgan fingerprint density at radius 3 is 2.82 bits per heavy atom. The number of fused-ring (bicyclic) bond motifs is 1. The Bertz CT molecular complexity index is 650. The molecule has 0 saturated heterocycles. The van der Waals surface area contributed by atoms with Gasteiger partial charge in [-0.1, -0.05) is 30.3 Å². The third kappa shape index (κ3) is 3.49. The molecule has 0 fully saturated rings. The quantitative estimate of drug-likeness (QED) is 0.829. The van der Waals surface area contributed by atoms with Crippen molar-refractivity contribution in [3.63, 3.8) is 0 Å². The lowest BCUT2D eigenvalue weighted by Crippen LogP contribution is -2.21. The first-order valence-corrected chi connectivity index (χ1v) is 7.62. The number of hydrogen-bond donors (Lipinski definition) is 1. The van der Waals surface area contributed by atoms with Crippen LogP contribution in [0.15, 0.2) is 54.6 Å². The maximum atomic E-state index is 5.67. The number of ether oxygens (including phenoxy) is 2. The zero-order chi connectivity index (χ0) is 15.2. The molecule has 1 heterocycles. The molecule has 0 saturated carbocycles. The average molecular weight is 295 g/mol. The van der Waals surface area contributed by atoms with Gasteiger partial charge in [-0.25, -0.2) is 0 Å². The molecule has 0 atom stereocenters. The molecule has 2 aromatic carbocycles. The predicted molar refractivity (Wildman–Crippen MR) is 89.5 cm³/mol. The van der Waals surface area contributed by atoms with Gasteiger partial charge in [-0.2, -0.15) is 0 Å². The molecular formula is C19H21NO2. The molecule has 1 N–H and O–H groups in total. The van der Waals surface area contributed by atoms with Crippen LogP contribution in [-0.4, -0.2) is 26.8 Å². The van der Waals surface area contributed by atoms with Crippen LogP contribution >= 0.6 is 0 Å². The summed E-state index contributed by atoms with van der Waals surface area (Å²) >= 11 is 0. The van der Waals surface area contributed by atoms with Crippen molar-refractivity contribution in [1.82, 2.24) is 5.32 Å². The van der Waals surface area contributed by atoms with Gasteiger partial charge in [0.15, 0.2) is 0 Å². The molecule has 0 amide bonds. The first kappa shape index (κ1) is 14.7. The highest BCUT2D eigenvalue weighted by Crippen LogP contribution is 2.32. The van der Waals surface area contributed by atoms with Crippen molar-refractivity contribution in [2.75, 3.05) is 26.8 Å². The first-order valence-electron chi connectivity index (χ1n) is 7.62. The summed E-state index contributed by atoms with van der Waals surface area (Å²) in [7, 11) is 1.69. The fourth-order valence-electron chi connectivity index (χ4n) is 2.62. The second-order valence-corrected chi connectivity index (χ2v) is 5.31. The largest absolute Gasteiger partial charge is 0.497 e. The van der Waals surface area contributed by atoms with E-state index < -0.39 is 0 Å². The van der Waals surface area contributed by atoms with E-state index in [9.17, 15) is 0 Å². The van der Waals surface area contributed by atoms with Crippen molar-refractivity contribution in [3.8, 4) is 11.5 Å². The van der Waals surface area contributed by atoms with Gasteiger partial charge >= 0.3 is 0 Å². The lowest BCUT2D eigenvalue weighted by atomic mass is 10.0. The first-order chi connectivity index (χ1) is 10.9. The van der Waals surface area contributed by atoms with Gasteiger partial charge < -0.3 is 14.8 Å². The van der Waals surface area contributed by atoms with Gasteiger partial charge in [0, 0.05) is 12.1 Å². The van der Waals surface area contributed by atoms with E-state index >= 15 is 0 Å². The summed E-state index contributed by atoms with van der Waals surface area (Å²) in [6.07, 6.45) is 3.17.